The summed E-state index contributed by atoms with van der Waals surface area (Å²) in [5.74, 6) is -0.311. The quantitative estimate of drug-likeness (QED) is 0.569. The average Bonchev–Trinajstić information content (AvgIpc) is 1.85. The van der Waals surface area contributed by atoms with Crippen LogP contribution >= 0.6 is 0 Å². The first-order valence-electron chi connectivity index (χ1n) is 3.17. The van der Waals surface area contributed by atoms with Crippen LogP contribution < -0.4 is 10.5 Å². The van der Waals surface area contributed by atoms with Crippen LogP contribution in [-0.2, 0) is 14.8 Å². The SMILES string of the molecule is CNC(=O)CCCS(N)(=O)=O. The topological polar surface area (TPSA) is 89.3 Å². The number of amides is 1. The fourth-order valence-electron chi connectivity index (χ4n) is 0.559. The van der Waals surface area contributed by atoms with Crippen LogP contribution in [0.2, 0.25) is 0 Å². The van der Waals surface area contributed by atoms with Crippen molar-refractivity contribution in [2.24, 2.45) is 5.14 Å². The molecule has 1 amide bonds. The lowest BCUT2D eigenvalue weighted by atomic mass is 10.3. The molecule has 0 aromatic carbocycles. The van der Waals surface area contributed by atoms with E-state index in [-0.39, 0.29) is 24.5 Å². The number of primary sulfonamides is 1. The molecule has 11 heavy (non-hydrogen) atoms. The van der Waals surface area contributed by atoms with Crippen molar-refractivity contribution >= 4 is 15.9 Å². The number of hydrogen-bond acceptors (Lipinski definition) is 3. The van der Waals surface area contributed by atoms with Gasteiger partial charge in [0.25, 0.3) is 0 Å². The molecular weight excluding hydrogens is 168 g/mol. The summed E-state index contributed by atoms with van der Waals surface area (Å²) in [6.45, 7) is 0. The molecule has 5 nitrogen and oxygen atoms in total. The molecule has 0 aliphatic heterocycles. The van der Waals surface area contributed by atoms with Crippen molar-refractivity contribution in [2.75, 3.05) is 12.8 Å². The lowest BCUT2D eigenvalue weighted by Gasteiger charge is -1.97. The number of nitrogens with two attached hydrogens (primary N) is 1. The molecule has 0 fully saturated rings. The van der Waals surface area contributed by atoms with Gasteiger partial charge in [0, 0.05) is 13.5 Å². The Hall–Kier alpha value is -0.620. The predicted molar refractivity (Wildman–Crippen MR) is 41.3 cm³/mol. The minimum absolute atomic E-state index is 0.138. The zero-order valence-corrected chi connectivity index (χ0v) is 7.15. The average molecular weight is 180 g/mol. The van der Waals surface area contributed by atoms with Crippen LogP contribution in [0.25, 0.3) is 0 Å². The Labute approximate surface area is 66.0 Å². The van der Waals surface area contributed by atoms with Crippen molar-refractivity contribution in [2.45, 2.75) is 12.8 Å². The third-order valence-electron chi connectivity index (χ3n) is 1.11. The van der Waals surface area contributed by atoms with Gasteiger partial charge in [0.05, 0.1) is 5.75 Å². The van der Waals surface area contributed by atoms with Crippen LogP contribution in [0.1, 0.15) is 12.8 Å². The van der Waals surface area contributed by atoms with Gasteiger partial charge in [0.2, 0.25) is 15.9 Å². The van der Waals surface area contributed by atoms with E-state index in [1.165, 1.54) is 7.05 Å². The molecular formula is C5H12N2O3S. The van der Waals surface area contributed by atoms with E-state index < -0.39 is 10.0 Å². The fraction of sp³-hybridized carbons (Fsp3) is 0.800. The largest absolute Gasteiger partial charge is 0.359 e. The molecule has 0 saturated carbocycles. The van der Waals surface area contributed by atoms with Gasteiger partial charge >= 0.3 is 0 Å². The van der Waals surface area contributed by atoms with Crippen LogP contribution in [0.4, 0.5) is 0 Å². The highest BCUT2D eigenvalue weighted by molar-refractivity contribution is 7.89. The number of hydrogen-bond donors (Lipinski definition) is 2. The Kier molecular flexibility index (Phi) is 4.06. The maximum absolute atomic E-state index is 10.6. The fourth-order valence-corrected chi connectivity index (χ4v) is 1.11. The zero-order valence-electron chi connectivity index (χ0n) is 6.33. The molecule has 0 bridgehead atoms. The minimum atomic E-state index is -3.41. The first-order valence-corrected chi connectivity index (χ1v) is 4.88. The second-order valence-corrected chi connectivity index (χ2v) is 3.88. The van der Waals surface area contributed by atoms with E-state index in [1.54, 1.807) is 0 Å². The molecule has 66 valence electrons. The molecule has 0 unspecified atom stereocenters. The summed E-state index contributed by atoms with van der Waals surface area (Å²) in [7, 11) is -1.91. The third kappa shape index (κ3) is 7.27. The van der Waals surface area contributed by atoms with E-state index in [2.05, 4.69) is 5.32 Å². The van der Waals surface area contributed by atoms with Gasteiger partial charge in [-0.2, -0.15) is 0 Å². The van der Waals surface area contributed by atoms with Gasteiger partial charge in [-0.1, -0.05) is 0 Å². The highest BCUT2D eigenvalue weighted by atomic mass is 32.2. The van der Waals surface area contributed by atoms with Gasteiger partial charge in [0.15, 0.2) is 0 Å². The molecule has 0 atom stereocenters. The first-order chi connectivity index (χ1) is 4.95. The normalized spacial score (nSPS) is 11.1. The number of carbonyl (C=O) groups excluding carboxylic acids is 1. The summed E-state index contributed by atoms with van der Waals surface area (Å²) < 4.78 is 20.7. The summed E-state index contributed by atoms with van der Waals surface area (Å²) in [4.78, 5) is 10.6. The summed E-state index contributed by atoms with van der Waals surface area (Å²) in [5.41, 5.74) is 0. The molecule has 0 aliphatic rings. The van der Waals surface area contributed by atoms with Crippen LogP contribution in [0.3, 0.4) is 0 Å². The van der Waals surface area contributed by atoms with E-state index >= 15 is 0 Å². The highest BCUT2D eigenvalue weighted by Crippen LogP contribution is 1.91. The number of rotatable bonds is 4. The van der Waals surface area contributed by atoms with Crippen molar-refractivity contribution in [1.29, 1.82) is 0 Å². The van der Waals surface area contributed by atoms with Gasteiger partial charge in [-0.25, -0.2) is 13.6 Å². The molecule has 0 heterocycles. The second kappa shape index (κ2) is 4.30. The van der Waals surface area contributed by atoms with Crippen molar-refractivity contribution in [1.82, 2.24) is 5.32 Å². The first kappa shape index (κ1) is 10.4. The van der Waals surface area contributed by atoms with Crippen LogP contribution in [0.5, 0.6) is 0 Å². The van der Waals surface area contributed by atoms with Gasteiger partial charge in [-0.05, 0) is 6.42 Å². The van der Waals surface area contributed by atoms with Gasteiger partial charge in [-0.3, -0.25) is 4.79 Å². The monoisotopic (exact) mass is 180 g/mol. The van der Waals surface area contributed by atoms with Crippen LogP contribution in [-0.4, -0.2) is 27.1 Å². The van der Waals surface area contributed by atoms with Gasteiger partial charge in [-0.15, -0.1) is 0 Å². The Morgan fingerprint density at radius 1 is 1.55 bits per heavy atom. The maximum atomic E-state index is 10.6. The van der Waals surface area contributed by atoms with E-state index in [0.29, 0.717) is 0 Å². The Morgan fingerprint density at radius 3 is 2.45 bits per heavy atom. The lowest BCUT2D eigenvalue weighted by molar-refractivity contribution is -0.120. The molecule has 0 spiro atoms. The maximum Gasteiger partial charge on any atom is 0.219 e. The zero-order chi connectivity index (χ0) is 8.91. The highest BCUT2D eigenvalue weighted by Gasteiger charge is 2.04. The number of nitrogens with one attached hydrogen (secondary N) is 1. The predicted octanol–water partition coefficient (Wildman–Crippen LogP) is -1.20. The number of carbonyl (C=O) groups is 1. The Balaban J connectivity index is 3.51. The second-order valence-electron chi connectivity index (χ2n) is 2.14. The van der Waals surface area contributed by atoms with E-state index in [4.69, 9.17) is 5.14 Å². The van der Waals surface area contributed by atoms with Gasteiger partial charge in [0.1, 0.15) is 0 Å². The molecule has 0 aromatic rings. The lowest BCUT2D eigenvalue weighted by Crippen LogP contribution is -2.21. The Morgan fingerprint density at radius 2 is 2.09 bits per heavy atom. The molecule has 0 saturated heterocycles. The molecule has 3 N–H and O–H groups in total. The summed E-state index contributed by atoms with van der Waals surface area (Å²) >= 11 is 0. The van der Waals surface area contributed by atoms with Crippen molar-refractivity contribution in [3.05, 3.63) is 0 Å². The van der Waals surface area contributed by atoms with Crippen LogP contribution in [0, 0.1) is 0 Å². The molecule has 0 rings (SSSR count). The van der Waals surface area contributed by atoms with Crippen molar-refractivity contribution < 1.29 is 13.2 Å². The molecule has 0 radical (unpaired) electrons. The summed E-state index contributed by atoms with van der Waals surface area (Å²) in [6.07, 6.45) is 0.478. The molecule has 0 aromatic heterocycles. The number of sulfonamides is 1. The van der Waals surface area contributed by atoms with Crippen molar-refractivity contribution in [3.8, 4) is 0 Å². The van der Waals surface area contributed by atoms with Gasteiger partial charge < -0.3 is 5.32 Å². The van der Waals surface area contributed by atoms with Crippen LogP contribution in [0.15, 0.2) is 0 Å². The molecule has 6 heteroatoms. The third-order valence-corrected chi connectivity index (χ3v) is 1.97. The van der Waals surface area contributed by atoms with E-state index in [0.717, 1.165) is 0 Å². The smallest absolute Gasteiger partial charge is 0.219 e. The van der Waals surface area contributed by atoms with E-state index in [1.807, 2.05) is 0 Å². The minimum Gasteiger partial charge on any atom is -0.359 e. The summed E-state index contributed by atoms with van der Waals surface area (Å²) in [6, 6.07) is 0. The standard InChI is InChI=1S/C5H12N2O3S/c1-7-5(8)3-2-4-11(6,9)10/h2-4H2,1H3,(H,7,8)(H2,6,9,10). The van der Waals surface area contributed by atoms with Crippen molar-refractivity contribution in [3.63, 3.8) is 0 Å². The summed E-state index contributed by atoms with van der Waals surface area (Å²) in [5, 5.41) is 7.08. The molecule has 0 aliphatic carbocycles. The Bertz CT molecular complexity index is 222. The van der Waals surface area contributed by atoms with E-state index in [9.17, 15) is 13.2 Å².